The number of nitrogens with one attached hydrogen (secondary N) is 3. The summed E-state index contributed by atoms with van der Waals surface area (Å²) in [5, 5.41) is 27.5. The molecule has 4 rings (SSSR count). The van der Waals surface area contributed by atoms with Gasteiger partial charge in [0.1, 0.15) is 17.5 Å². The molecule has 1 aliphatic rings. The lowest BCUT2D eigenvalue weighted by Crippen LogP contribution is -2.41. The van der Waals surface area contributed by atoms with Crippen LogP contribution in [0.2, 0.25) is 0 Å². The number of nitrogens with zero attached hydrogens (tertiary/aromatic N) is 3. The van der Waals surface area contributed by atoms with E-state index in [1.807, 2.05) is 12.1 Å². The Morgan fingerprint density at radius 1 is 1.30 bits per heavy atom. The number of H-pyrrole nitrogens is 1. The van der Waals surface area contributed by atoms with Crippen LogP contribution in [0.5, 0.6) is 0 Å². The summed E-state index contributed by atoms with van der Waals surface area (Å²) in [7, 11) is 0. The summed E-state index contributed by atoms with van der Waals surface area (Å²) in [5.74, 6) is 1.06. The molecular weight excluding hydrogens is 376 g/mol. The molecule has 4 N–H and O–H groups in total. The van der Waals surface area contributed by atoms with Crippen LogP contribution in [0.1, 0.15) is 44.4 Å². The van der Waals surface area contributed by atoms with Gasteiger partial charge in [-0.05, 0) is 42.2 Å². The molecule has 30 heavy (non-hydrogen) atoms. The van der Waals surface area contributed by atoms with E-state index >= 15 is 0 Å². The Morgan fingerprint density at radius 3 is 2.90 bits per heavy atom. The first kappa shape index (κ1) is 20.2. The van der Waals surface area contributed by atoms with Crippen LogP contribution in [0.4, 0.5) is 11.8 Å². The highest BCUT2D eigenvalue weighted by Gasteiger charge is 2.35. The Morgan fingerprint density at radius 2 is 2.13 bits per heavy atom. The van der Waals surface area contributed by atoms with Crippen molar-refractivity contribution in [2.45, 2.75) is 51.7 Å². The van der Waals surface area contributed by atoms with Crippen LogP contribution in [0.25, 0.3) is 10.9 Å². The van der Waals surface area contributed by atoms with Gasteiger partial charge in [0.15, 0.2) is 0 Å². The first-order chi connectivity index (χ1) is 14.4. The topological polar surface area (TPSA) is 110 Å². The van der Waals surface area contributed by atoms with Gasteiger partial charge in [-0.15, -0.1) is 0 Å². The fourth-order valence-corrected chi connectivity index (χ4v) is 4.18. The van der Waals surface area contributed by atoms with Crippen molar-refractivity contribution in [1.29, 1.82) is 5.26 Å². The maximum atomic E-state index is 10.2. The van der Waals surface area contributed by atoms with Gasteiger partial charge in [0.05, 0.1) is 12.3 Å². The molecule has 0 saturated heterocycles. The second-order valence-corrected chi connectivity index (χ2v) is 8.75. The molecule has 156 valence electrons. The highest BCUT2D eigenvalue weighted by molar-refractivity contribution is 5.80. The Hall–Kier alpha value is -3.11. The molecule has 2 heterocycles. The van der Waals surface area contributed by atoms with E-state index in [2.05, 4.69) is 63.7 Å². The lowest BCUT2D eigenvalue weighted by atomic mass is 9.73. The summed E-state index contributed by atoms with van der Waals surface area (Å²) in [6.45, 7) is 4.84. The number of benzene rings is 1. The molecule has 1 saturated carbocycles. The van der Waals surface area contributed by atoms with E-state index in [1.165, 1.54) is 5.39 Å². The predicted octanol–water partition coefficient (Wildman–Crippen LogP) is 3.84. The lowest BCUT2D eigenvalue weighted by molar-refractivity contribution is 0.00926. The van der Waals surface area contributed by atoms with Gasteiger partial charge < -0.3 is 20.7 Å². The molecule has 7 nitrogen and oxygen atoms in total. The van der Waals surface area contributed by atoms with Crippen LogP contribution in [-0.4, -0.2) is 38.7 Å². The standard InChI is InChI=1S/C23H28N6O/c1-23(2)12-18(7-8-20(23)30)28-21-16(13-24)14-26-22(29-21)25-10-9-17-11-15-5-3-4-6-19(15)27-17/h3-6,11,14,18,20,27,30H,7-10,12H2,1-2H3,(H2,25,26,28,29)/t18-,20+/m1/s1. The molecule has 1 aliphatic carbocycles. The van der Waals surface area contributed by atoms with Crippen LogP contribution in [0, 0.1) is 16.7 Å². The fourth-order valence-electron chi connectivity index (χ4n) is 4.18. The monoisotopic (exact) mass is 404 g/mol. The fraction of sp³-hybridized carbons (Fsp3) is 0.435. The van der Waals surface area contributed by atoms with Gasteiger partial charge in [-0.3, -0.25) is 0 Å². The average molecular weight is 405 g/mol. The Kier molecular flexibility index (Phi) is 5.60. The van der Waals surface area contributed by atoms with Gasteiger partial charge in [0.25, 0.3) is 0 Å². The second-order valence-electron chi connectivity index (χ2n) is 8.75. The number of aliphatic hydroxyl groups excluding tert-OH is 1. The Bertz CT molecular complexity index is 1030. The van der Waals surface area contributed by atoms with Crippen molar-refractivity contribution in [2.75, 3.05) is 17.2 Å². The van der Waals surface area contributed by atoms with Crippen molar-refractivity contribution in [1.82, 2.24) is 15.0 Å². The van der Waals surface area contributed by atoms with Gasteiger partial charge in [-0.2, -0.15) is 10.2 Å². The predicted molar refractivity (Wildman–Crippen MR) is 118 cm³/mol. The molecule has 0 aliphatic heterocycles. The number of para-hydroxylation sites is 1. The van der Waals surface area contributed by atoms with E-state index in [0.717, 1.165) is 36.9 Å². The van der Waals surface area contributed by atoms with Crippen molar-refractivity contribution in [3.05, 3.63) is 47.8 Å². The normalized spacial score (nSPS) is 20.6. The second kappa shape index (κ2) is 8.33. The summed E-state index contributed by atoms with van der Waals surface area (Å²) in [4.78, 5) is 12.3. The Labute approximate surface area is 176 Å². The number of aromatic nitrogens is 3. The molecule has 1 aromatic carbocycles. The summed E-state index contributed by atoms with van der Waals surface area (Å²) in [6, 6.07) is 12.7. The maximum Gasteiger partial charge on any atom is 0.224 e. The van der Waals surface area contributed by atoms with E-state index in [1.54, 1.807) is 6.20 Å². The van der Waals surface area contributed by atoms with E-state index < -0.39 is 0 Å². The molecule has 7 heteroatoms. The van der Waals surface area contributed by atoms with Crippen molar-refractivity contribution in [3.8, 4) is 6.07 Å². The van der Waals surface area contributed by atoms with Crippen molar-refractivity contribution < 1.29 is 5.11 Å². The average Bonchev–Trinajstić information content (AvgIpc) is 3.13. The summed E-state index contributed by atoms with van der Waals surface area (Å²) >= 11 is 0. The van der Waals surface area contributed by atoms with Crippen LogP contribution in [0.15, 0.2) is 36.5 Å². The number of hydrogen-bond donors (Lipinski definition) is 4. The van der Waals surface area contributed by atoms with Crippen LogP contribution in [-0.2, 0) is 6.42 Å². The summed E-state index contributed by atoms with van der Waals surface area (Å²) in [5.41, 5.74) is 2.56. The van der Waals surface area contributed by atoms with Crippen LogP contribution >= 0.6 is 0 Å². The molecular formula is C23H28N6O. The van der Waals surface area contributed by atoms with Crippen LogP contribution in [0.3, 0.4) is 0 Å². The van der Waals surface area contributed by atoms with Gasteiger partial charge in [0.2, 0.25) is 5.95 Å². The minimum Gasteiger partial charge on any atom is -0.393 e. The molecule has 0 bridgehead atoms. The summed E-state index contributed by atoms with van der Waals surface area (Å²) in [6.07, 6.45) is 4.50. The number of rotatable bonds is 6. The first-order valence-corrected chi connectivity index (χ1v) is 10.5. The highest BCUT2D eigenvalue weighted by atomic mass is 16.3. The lowest BCUT2D eigenvalue weighted by Gasteiger charge is -2.40. The van der Waals surface area contributed by atoms with E-state index in [0.29, 0.717) is 23.9 Å². The number of aliphatic hydroxyl groups is 1. The van der Waals surface area contributed by atoms with E-state index in [4.69, 9.17) is 0 Å². The van der Waals surface area contributed by atoms with E-state index in [-0.39, 0.29) is 17.6 Å². The van der Waals surface area contributed by atoms with Gasteiger partial charge in [-0.25, -0.2) is 4.98 Å². The zero-order chi connectivity index (χ0) is 21.1. The third-order valence-corrected chi connectivity index (χ3v) is 5.98. The first-order valence-electron chi connectivity index (χ1n) is 10.5. The summed E-state index contributed by atoms with van der Waals surface area (Å²) < 4.78 is 0. The molecule has 1 fully saturated rings. The third-order valence-electron chi connectivity index (χ3n) is 5.98. The van der Waals surface area contributed by atoms with Gasteiger partial charge in [0, 0.05) is 30.2 Å². The number of nitriles is 1. The maximum absolute atomic E-state index is 10.2. The quantitative estimate of drug-likeness (QED) is 0.497. The van der Waals surface area contributed by atoms with Crippen molar-refractivity contribution in [3.63, 3.8) is 0 Å². The molecule has 0 spiro atoms. The molecule has 0 radical (unpaired) electrons. The minimum absolute atomic E-state index is 0.156. The highest BCUT2D eigenvalue weighted by Crippen LogP contribution is 2.36. The minimum atomic E-state index is -0.293. The molecule has 2 atom stereocenters. The van der Waals surface area contributed by atoms with Crippen LogP contribution < -0.4 is 10.6 Å². The van der Waals surface area contributed by atoms with Crippen molar-refractivity contribution in [2.24, 2.45) is 5.41 Å². The smallest absolute Gasteiger partial charge is 0.224 e. The molecule has 0 amide bonds. The third kappa shape index (κ3) is 4.39. The number of aromatic amines is 1. The Balaban J connectivity index is 1.40. The molecule has 0 unspecified atom stereocenters. The zero-order valence-electron chi connectivity index (χ0n) is 17.4. The van der Waals surface area contributed by atoms with Gasteiger partial charge in [-0.1, -0.05) is 32.0 Å². The zero-order valence-corrected chi connectivity index (χ0v) is 17.4. The van der Waals surface area contributed by atoms with E-state index in [9.17, 15) is 10.4 Å². The number of fused-ring (bicyclic) bond motifs is 1. The van der Waals surface area contributed by atoms with Crippen molar-refractivity contribution >= 4 is 22.7 Å². The molecule has 2 aromatic heterocycles. The number of anilines is 2. The number of hydrogen-bond acceptors (Lipinski definition) is 6. The van der Waals surface area contributed by atoms with Gasteiger partial charge >= 0.3 is 0 Å². The largest absolute Gasteiger partial charge is 0.393 e. The molecule has 3 aromatic rings. The SMILES string of the molecule is CC1(C)C[C@H](Nc2nc(NCCc3cc4ccccc4[nH]3)ncc2C#N)CC[C@@H]1O.